The Morgan fingerprint density at radius 3 is 3.05 bits per heavy atom. The third-order valence-electron chi connectivity index (χ3n) is 4.03. The highest BCUT2D eigenvalue weighted by atomic mass is 19.1. The minimum atomic E-state index is -0.190. The summed E-state index contributed by atoms with van der Waals surface area (Å²) in [6, 6.07) is 4.88. The third-order valence-corrected chi connectivity index (χ3v) is 4.03. The van der Waals surface area contributed by atoms with E-state index in [1.54, 1.807) is 12.1 Å². The molecule has 0 saturated carbocycles. The molecule has 1 aliphatic heterocycles. The maximum absolute atomic E-state index is 13.5. The zero-order chi connectivity index (χ0) is 14.7. The van der Waals surface area contributed by atoms with Crippen LogP contribution in [0.15, 0.2) is 18.2 Å². The van der Waals surface area contributed by atoms with E-state index >= 15 is 0 Å². The van der Waals surface area contributed by atoms with Gasteiger partial charge >= 0.3 is 0 Å². The predicted octanol–water partition coefficient (Wildman–Crippen LogP) is 2.38. The number of fused-ring (bicyclic) bond motifs is 1. The summed E-state index contributed by atoms with van der Waals surface area (Å²) in [4.78, 5) is 7.17. The van der Waals surface area contributed by atoms with Gasteiger partial charge in [0, 0.05) is 19.6 Å². The van der Waals surface area contributed by atoms with Gasteiger partial charge in [0.1, 0.15) is 11.6 Å². The number of benzene rings is 1. The van der Waals surface area contributed by atoms with E-state index in [0.29, 0.717) is 0 Å². The number of aryl methyl sites for hydroxylation is 1. The highest BCUT2D eigenvalue weighted by Crippen LogP contribution is 2.19. The van der Waals surface area contributed by atoms with E-state index in [0.717, 1.165) is 62.5 Å². The summed E-state index contributed by atoms with van der Waals surface area (Å²) in [7, 11) is 0. The van der Waals surface area contributed by atoms with Crippen molar-refractivity contribution in [1.29, 1.82) is 0 Å². The van der Waals surface area contributed by atoms with Crippen LogP contribution >= 0.6 is 0 Å². The number of hydrogen-bond donors (Lipinski definition) is 1. The van der Waals surface area contributed by atoms with Crippen molar-refractivity contribution in [3.8, 4) is 0 Å². The fourth-order valence-electron chi connectivity index (χ4n) is 3.00. The molecule has 114 valence electrons. The molecule has 0 radical (unpaired) electrons. The van der Waals surface area contributed by atoms with E-state index in [-0.39, 0.29) is 5.82 Å². The first-order valence-corrected chi connectivity index (χ1v) is 7.85. The Kier molecular flexibility index (Phi) is 4.51. The van der Waals surface area contributed by atoms with Crippen LogP contribution in [0.25, 0.3) is 11.0 Å². The molecule has 0 bridgehead atoms. The molecule has 1 saturated heterocycles. The summed E-state index contributed by atoms with van der Waals surface area (Å²) in [5, 5.41) is 3.42. The van der Waals surface area contributed by atoms with Gasteiger partial charge in [-0.05, 0) is 44.1 Å². The fourth-order valence-corrected chi connectivity index (χ4v) is 3.00. The number of nitrogens with zero attached hydrogens (tertiary/aromatic N) is 3. The number of aromatic nitrogens is 2. The lowest BCUT2D eigenvalue weighted by Gasteiger charge is -2.19. The van der Waals surface area contributed by atoms with Crippen LogP contribution in [0.1, 0.15) is 25.6 Å². The van der Waals surface area contributed by atoms with E-state index in [2.05, 4.69) is 21.7 Å². The molecule has 5 heteroatoms. The van der Waals surface area contributed by atoms with E-state index in [1.165, 1.54) is 12.5 Å². The van der Waals surface area contributed by atoms with Crippen LogP contribution in [0.5, 0.6) is 0 Å². The van der Waals surface area contributed by atoms with Crippen molar-refractivity contribution in [3.63, 3.8) is 0 Å². The lowest BCUT2D eigenvalue weighted by Crippen LogP contribution is -2.29. The Morgan fingerprint density at radius 1 is 1.29 bits per heavy atom. The van der Waals surface area contributed by atoms with Gasteiger partial charge in [0.05, 0.1) is 17.6 Å². The molecule has 1 N–H and O–H groups in total. The molecular formula is C16H23FN4. The molecule has 0 atom stereocenters. The highest BCUT2D eigenvalue weighted by molar-refractivity contribution is 5.76. The van der Waals surface area contributed by atoms with Crippen LogP contribution in [0.3, 0.4) is 0 Å². The van der Waals surface area contributed by atoms with Gasteiger partial charge in [0.15, 0.2) is 0 Å². The second-order valence-electron chi connectivity index (χ2n) is 5.69. The second kappa shape index (κ2) is 6.54. The Labute approximate surface area is 125 Å². The van der Waals surface area contributed by atoms with Crippen LogP contribution in [0.2, 0.25) is 0 Å². The molecule has 1 aliphatic rings. The number of imidazole rings is 1. The van der Waals surface area contributed by atoms with E-state index in [1.807, 2.05) is 0 Å². The normalized spacial score (nSPS) is 17.2. The van der Waals surface area contributed by atoms with Gasteiger partial charge in [-0.1, -0.05) is 6.92 Å². The Bertz CT molecular complexity index is 600. The standard InChI is InChI=1S/C16H23FN4/c1-2-8-21-15-11-13(17)4-5-14(15)19-16(21)12-20-9-3-6-18-7-10-20/h4-5,11,18H,2-3,6-10,12H2,1H3. The van der Waals surface area contributed by atoms with Gasteiger partial charge in [-0.25, -0.2) is 9.37 Å². The summed E-state index contributed by atoms with van der Waals surface area (Å²) in [6.45, 7) is 8.14. The first-order valence-electron chi connectivity index (χ1n) is 7.85. The molecule has 2 aromatic rings. The Hall–Kier alpha value is -1.46. The molecular weight excluding hydrogens is 267 g/mol. The van der Waals surface area contributed by atoms with Crippen LogP contribution in [-0.4, -0.2) is 40.6 Å². The number of nitrogens with one attached hydrogen (secondary N) is 1. The van der Waals surface area contributed by atoms with Gasteiger partial charge in [-0.3, -0.25) is 4.90 Å². The summed E-state index contributed by atoms with van der Waals surface area (Å²) < 4.78 is 15.7. The smallest absolute Gasteiger partial charge is 0.125 e. The van der Waals surface area contributed by atoms with Gasteiger partial charge in [-0.15, -0.1) is 0 Å². The minimum absolute atomic E-state index is 0.190. The van der Waals surface area contributed by atoms with E-state index < -0.39 is 0 Å². The summed E-state index contributed by atoms with van der Waals surface area (Å²) >= 11 is 0. The number of rotatable bonds is 4. The summed E-state index contributed by atoms with van der Waals surface area (Å²) in [5.41, 5.74) is 1.81. The first-order chi connectivity index (χ1) is 10.3. The molecule has 0 spiro atoms. The average molecular weight is 290 g/mol. The van der Waals surface area contributed by atoms with Crippen molar-refractivity contribution in [3.05, 3.63) is 29.8 Å². The topological polar surface area (TPSA) is 33.1 Å². The predicted molar refractivity (Wildman–Crippen MR) is 82.7 cm³/mol. The first kappa shape index (κ1) is 14.5. The van der Waals surface area contributed by atoms with Crippen LogP contribution in [0, 0.1) is 5.82 Å². The average Bonchev–Trinajstić information content (AvgIpc) is 2.66. The molecule has 2 heterocycles. The molecule has 4 nitrogen and oxygen atoms in total. The molecule has 0 amide bonds. The molecule has 1 aromatic heterocycles. The largest absolute Gasteiger partial charge is 0.327 e. The maximum Gasteiger partial charge on any atom is 0.125 e. The Balaban J connectivity index is 1.90. The van der Waals surface area contributed by atoms with Crippen LogP contribution in [-0.2, 0) is 13.1 Å². The van der Waals surface area contributed by atoms with Gasteiger partial charge in [0.2, 0.25) is 0 Å². The zero-order valence-electron chi connectivity index (χ0n) is 12.6. The molecule has 21 heavy (non-hydrogen) atoms. The molecule has 0 unspecified atom stereocenters. The molecule has 3 rings (SSSR count). The Morgan fingerprint density at radius 2 is 2.19 bits per heavy atom. The lowest BCUT2D eigenvalue weighted by molar-refractivity contribution is 0.273. The molecule has 1 fully saturated rings. The fraction of sp³-hybridized carbons (Fsp3) is 0.562. The highest BCUT2D eigenvalue weighted by Gasteiger charge is 2.15. The van der Waals surface area contributed by atoms with Crippen molar-refractivity contribution in [2.24, 2.45) is 0 Å². The summed E-state index contributed by atoms with van der Waals surface area (Å²) in [6.07, 6.45) is 2.19. The molecule has 0 aliphatic carbocycles. The van der Waals surface area contributed by atoms with E-state index in [9.17, 15) is 4.39 Å². The molecule has 1 aromatic carbocycles. The SMILES string of the molecule is CCCn1c(CN2CCCNCC2)nc2ccc(F)cc21. The van der Waals surface area contributed by atoms with Gasteiger partial charge in [-0.2, -0.15) is 0 Å². The number of hydrogen-bond acceptors (Lipinski definition) is 3. The van der Waals surface area contributed by atoms with Crippen molar-refractivity contribution < 1.29 is 4.39 Å². The second-order valence-corrected chi connectivity index (χ2v) is 5.69. The van der Waals surface area contributed by atoms with E-state index in [4.69, 9.17) is 4.98 Å². The monoisotopic (exact) mass is 290 g/mol. The van der Waals surface area contributed by atoms with Crippen molar-refractivity contribution in [1.82, 2.24) is 19.8 Å². The quantitative estimate of drug-likeness (QED) is 0.938. The van der Waals surface area contributed by atoms with Crippen LogP contribution in [0.4, 0.5) is 4.39 Å². The van der Waals surface area contributed by atoms with Gasteiger partial charge < -0.3 is 9.88 Å². The minimum Gasteiger partial charge on any atom is -0.327 e. The van der Waals surface area contributed by atoms with Crippen LogP contribution < -0.4 is 5.32 Å². The van der Waals surface area contributed by atoms with Gasteiger partial charge in [0.25, 0.3) is 0 Å². The maximum atomic E-state index is 13.5. The zero-order valence-corrected chi connectivity index (χ0v) is 12.6. The summed E-state index contributed by atoms with van der Waals surface area (Å²) in [5.74, 6) is 0.865. The lowest BCUT2D eigenvalue weighted by atomic mass is 10.3. The van der Waals surface area contributed by atoms with Crippen molar-refractivity contribution in [2.75, 3.05) is 26.2 Å². The third kappa shape index (κ3) is 3.24. The van der Waals surface area contributed by atoms with Crippen molar-refractivity contribution in [2.45, 2.75) is 32.9 Å². The number of halogens is 1. The van der Waals surface area contributed by atoms with Crippen molar-refractivity contribution >= 4 is 11.0 Å².